The van der Waals surface area contributed by atoms with E-state index in [0.717, 1.165) is 0 Å². The van der Waals surface area contributed by atoms with Crippen LogP contribution in [0.5, 0.6) is 0 Å². The van der Waals surface area contributed by atoms with E-state index in [2.05, 4.69) is 4.74 Å². The summed E-state index contributed by atoms with van der Waals surface area (Å²) < 4.78 is 27.3. The molecule has 0 bridgehead atoms. The summed E-state index contributed by atoms with van der Waals surface area (Å²) in [5.74, 6) is 0.729. The van der Waals surface area contributed by atoms with E-state index in [4.69, 9.17) is 0 Å². The highest BCUT2D eigenvalue weighted by Gasteiger charge is 2.13. The van der Waals surface area contributed by atoms with Gasteiger partial charge in [0.1, 0.15) is 0 Å². The maximum absolute atomic E-state index is 11.4. The van der Waals surface area contributed by atoms with Gasteiger partial charge in [-0.05, 0) is 6.42 Å². The number of carbonyl (C=O) groups is 1. The summed E-state index contributed by atoms with van der Waals surface area (Å²) in [6.45, 7) is 3.75. The Bertz CT molecular complexity index is 298. The molecule has 0 amide bonds. The zero-order chi connectivity index (χ0) is 12.6. The molecule has 16 heavy (non-hydrogen) atoms. The van der Waals surface area contributed by atoms with Crippen LogP contribution in [0.3, 0.4) is 0 Å². The van der Waals surface area contributed by atoms with Crippen molar-refractivity contribution in [1.82, 2.24) is 0 Å². The molecule has 0 saturated carbocycles. The molecule has 1 unspecified atom stereocenters. The summed E-state index contributed by atoms with van der Waals surface area (Å²) in [6, 6.07) is 0. The Morgan fingerprint density at radius 3 is 2.50 bits per heavy atom. The molecule has 0 aromatic heterocycles. The molecule has 4 nitrogen and oxygen atoms in total. The van der Waals surface area contributed by atoms with Gasteiger partial charge in [-0.15, -0.1) is 0 Å². The van der Waals surface area contributed by atoms with Gasteiger partial charge >= 0.3 is 5.97 Å². The van der Waals surface area contributed by atoms with Crippen molar-refractivity contribution in [3.05, 3.63) is 0 Å². The van der Waals surface area contributed by atoms with Gasteiger partial charge in [-0.1, -0.05) is 13.8 Å². The van der Waals surface area contributed by atoms with Crippen molar-refractivity contribution in [2.24, 2.45) is 0 Å². The van der Waals surface area contributed by atoms with Gasteiger partial charge in [0.05, 0.1) is 19.3 Å². The van der Waals surface area contributed by atoms with Crippen molar-refractivity contribution in [2.75, 3.05) is 24.4 Å². The topological polar surface area (TPSA) is 60.4 Å². The fourth-order valence-electron chi connectivity index (χ4n) is 1.17. The normalized spacial score (nSPS) is 13.4. The Hall–Kier alpha value is -0.230. The average Bonchev–Trinajstić information content (AvgIpc) is 2.16. The minimum Gasteiger partial charge on any atom is -0.469 e. The van der Waals surface area contributed by atoms with E-state index in [1.54, 1.807) is 0 Å². The van der Waals surface area contributed by atoms with E-state index < -0.39 is 9.84 Å². The molecule has 6 heteroatoms. The Balaban J connectivity index is 3.77. The van der Waals surface area contributed by atoms with E-state index in [9.17, 15) is 13.2 Å². The third-order valence-corrected chi connectivity index (χ3v) is 5.28. The molecule has 0 radical (unpaired) electrons. The first-order chi connectivity index (χ1) is 7.41. The molecule has 0 N–H and O–H groups in total. The van der Waals surface area contributed by atoms with E-state index in [-0.39, 0.29) is 22.7 Å². The molecule has 0 aromatic rings. The second kappa shape index (κ2) is 7.95. The molecule has 0 aromatic carbocycles. The predicted molar refractivity (Wildman–Crippen MR) is 67.5 cm³/mol. The first-order valence-electron chi connectivity index (χ1n) is 5.30. The highest BCUT2D eigenvalue weighted by Crippen LogP contribution is 2.15. The SMILES string of the molecule is CCCS(=O)(=O)CCSC(C)CC(=O)OC. The number of hydrogen-bond acceptors (Lipinski definition) is 5. The number of rotatable bonds is 8. The Morgan fingerprint density at radius 2 is 2.00 bits per heavy atom. The molecule has 0 rings (SSSR count). The lowest BCUT2D eigenvalue weighted by Gasteiger charge is -2.09. The summed E-state index contributed by atoms with van der Waals surface area (Å²) in [7, 11) is -1.55. The summed E-state index contributed by atoms with van der Waals surface area (Å²) in [5, 5.41) is 0.101. The molecule has 0 aliphatic carbocycles. The summed E-state index contributed by atoms with van der Waals surface area (Å²) in [5.41, 5.74) is 0. The van der Waals surface area contributed by atoms with Gasteiger partial charge in [-0.2, -0.15) is 11.8 Å². The van der Waals surface area contributed by atoms with E-state index >= 15 is 0 Å². The lowest BCUT2D eigenvalue weighted by Crippen LogP contribution is -2.15. The van der Waals surface area contributed by atoms with Crippen LogP contribution in [-0.4, -0.2) is 44.0 Å². The zero-order valence-corrected chi connectivity index (χ0v) is 11.7. The highest BCUT2D eigenvalue weighted by molar-refractivity contribution is 8.01. The Morgan fingerprint density at radius 1 is 1.38 bits per heavy atom. The van der Waals surface area contributed by atoms with Crippen molar-refractivity contribution >= 4 is 27.6 Å². The first-order valence-corrected chi connectivity index (χ1v) is 8.17. The van der Waals surface area contributed by atoms with Gasteiger partial charge in [0.25, 0.3) is 0 Å². The van der Waals surface area contributed by atoms with Crippen LogP contribution in [0.4, 0.5) is 0 Å². The molecule has 0 heterocycles. The maximum atomic E-state index is 11.4. The molecule has 0 aliphatic heterocycles. The minimum atomic E-state index is -2.90. The third-order valence-electron chi connectivity index (χ3n) is 1.99. The second-order valence-electron chi connectivity index (χ2n) is 3.61. The number of sulfone groups is 1. The second-order valence-corrected chi connectivity index (χ2v) is 7.46. The van der Waals surface area contributed by atoms with Crippen LogP contribution in [0.25, 0.3) is 0 Å². The largest absolute Gasteiger partial charge is 0.469 e. The standard InChI is InChI=1S/C10H20O4S2/c1-4-6-16(12,13)7-5-15-9(2)8-10(11)14-3/h9H,4-8H2,1-3H3. The number of esters is 1. The monoisotopic (exact) mass is 268 g/mol. The smallest absolute Gasteiger partial charge is 0.306 e. The molecular formula is C10H20O4S2. The zero-order valence-electron chi connectivity index (χ0n) is 10.1. The van der Waals surface area contributed by atoms with Gasteiger partial charge < -0.3 is 4.74 Å². The third kappa shape index (κ3) is 7.98. The number of thioether (sulfide) groups is 1. The van der Waals surface area contributed by atoms with Crippen LogP contribution >= 0.6 is 11.8 Å². The molecular weight excluding hydrogens is 248 g/mol. The van der Waals surface area contributed by atoms with Crippen molar-refractivity contribution in [1.29, 1.82) is 0 Å². The van der Waals surface area contributed by atoms with Crippen LogP contribution in [0, 0.1) is 0 Å². The average molecular weight is 268 g/mol. The van der Waals surface area contributed by atoms with E-state index in [1.807, 2.05) is 13.8 Å². The van der Waals surface area contributed by atoms with Crippen molar-refractivity contribution in [3.63, 3.8) is 0 Å². The lowest BCUT2D eigenvalue weighted by molar-refractivity contribution is -0.140. The Kier molecular flexibility index (Phi) is 7.83. The first kappa shape index (κ1) is 15.8. The van der Waals surface area contributed by atoms with Gasteiger partial charge in [0, 0.05) is 16.8 Å². The van der Waals surface area contributed by atoms with Crippen LogP contribution in [0.1, 0.15) is 26.7 Å². The fourth-order valence-corrected chi connectivity index (χ4v) is 4.05. The molecule has 0 aliphatic rings. The lowest BCUT2D eigenvalue weighted by atomic mass is 10.3. The maximum Gasteiger partial charge on any atom is 0.306 e. The quantitative estimate of drug-likeness (QED) is 0.624. The molecule has 96 valence electrons. The summed E-state index contributed by atoms with van der Waals surface area (Å²) >= 11 is 1.49. The van der Waals surface area contributed by atoms with Crippen LogP contribution in [0.15, 0.2) is 0 Å². The molecule has 1 atom stereocenters. The van der Waals surface area contributed by atoms with Gasteiger partial charge in [0.15, 0.2) is 9.84 Å². The van der Waals surface area contributed by atoms with E-state index in [0.29, 0.717) is 18.6 Å². The van der Waals surface area contributed by atoms with Crippen LogP contribution in [0.2, 0.25) is 0 Å². The number of ether oxygens (including phenoxy) is 1. The van der Waals surface area contributed by atoms with Gasteiger partial charge in [-0.25, -0.2) is 8.42 Å². The minimum absolute atomic E-state index is 0.101. The Labute approximate surface area is 102 Å². The van der Waals surface area contributed by atoms with Crippen molar-refractivity contribution < 1.29 is 17.9 Å². The highest BCUT2D eigenvalue weighted by atomic mass is 32.2. The van der Waals surface area contributed by atoms with E-state index in [1.165, 1.54) is 18.9 Å². The number of hydrogen-bond donors (Lipinski definition) is 0. The van der Waals surface area contributed by atoms with Gasteiger partial charge in [-0.3, -0.25) is 4.79 Å². The van der Waals surface area contributed by atoms with Gasteiger partial charge in [0.2, 0.25) is 0 Å². The number of methoxy groups -OCH3 is 1. The van der Waals surface area contributed by atoms with Crippen molar-refractivity contribution in [3.8, 4) is 0 Å². The van der Waals surface area contributed by atoms with Crippen molar-refractivity contribution in [2.45, 2.75) is 31.9 Å². The molecule has 0 saturated heterocycles. The molecule has 0 spiro atoms. The summed E-state index contributed by atoms with van der Waals surface area (Å²) in [6.07, 6.45) is 0.986. The fraction of sp³-hybridized carbons (Fsp3) is 0.900. The summed E-state index contributed by atoms with van der Waals surface area (Å²) in [4.78, 5) is 10.9. The van der Waals surface area contributed by atoms with Crippen LogP contribution in [-0.2, 0) is 19.4 Å². The number of carbonyl (C=O) groups excluding carboxylic acids is 1. The predicted octanol–water partition coefficient (Wildman–Crippen LogP) is 1.50. The van der Waals surface area contributed by atoms with Crippen LogP contribution < -0.4 is 0 Å². The molecule has 0 fully saturated rings.